The summed E-state index contributed by atoms with van der Waals surface area (Å²) in [6.45, 7) is 6.81. The van der Waals surface area contributed by atoms with Crippen LogP contribution in [0.2, 0.25) is 0 Å². The third kappa shape index (κ3) is 3.79. The topological polar surface area (TPSA) is 61.6 Å². The third-order valence-electron chi connectivity index (χ3n) is 3.93. The minimum atomic E-state index is -0.0983. The average molecular weight is 276 g/mol. The Bertz CT molecular complexity index is 415. The molecule has 1 aliphatic heterocycles. The second-order valence-corrected chi connectivity index (χ2v) is 5.23. The minimum absolute atomic E-state index is 0.0796. The van der Waals surface area contributed by atoms with E-state index < -0.39 is 0 Å². The lowest BCUT2D eigenvalue weighted by Crippen LogP contribution is -2.55. The lowest BCUT2D eigenvalue weighted by molar-refractivity contribution is -0.127. The molecular formula is C15H24N4O. The van der Waals surface area contributed by atoms with E-state index >= 15 is 0 Å². The van der Waals surface area contributed by atoms with Gasteiger partial charge in [-0.15, -0.1) is 0 Å². The van der Waals surface area contributed by atoms with Gasteiger partial charge in [-0.05, 0) is 12.0 Å². The Morgan fingerprint density at radius 3 is 2.45 bits per heavy atom. The molecule has 1 heterocycles. The maximum absolute atomic E-state index is 11.7. The first-order valence-corrected chi connectivity index (χ1v) is 7.25. The first kappa shape index (κ1) is 15.0. The van der Waals surface area contributed by atoms with Crippen LogP contribution in [0.15, 0.2) is 30.3 Å². The van der Waals surface area contributed by atoms with Crippen molar-refractivity contribution in [1.29, 1.82) is 0 Å². The van der Waals surface area contributed by atoms with Crippen molar-refractivity contribution < 1.29 is 4.79 Å². The highest BCUT2D eigenvalue weighted by Crippen LogP contribution is 2.12. The fourth-order valence-corrected chi connectivity index (χ4v) is 2.78. The van der Waals surface area contributed by atoms with E-state index in [1.54, 1.807) is 0 Å². The molecule has 1 aromatic carbocycles. The fourth-order valence-electron chi connectivity index (χ4n) is 2.78. The number of carbonyl (C=O) groups excluding carboxylic acids is 1. The quantitative estimate of drug-likeness (QED) is 0.469. The summed E-state index contributed by atoms with van der Waals surface area (Å²) in [4.78, 5) is 16.4. The SMILES string of the molecule is CCC(C(=O)NN)N1CCN(Cc2ccccc2)CC1. The molecule has 110 valence electrons. The largest absolute Gasteiger partial charge is 0.297 e. The number of nitrogens with two attached hydrogens (primary N) is 1. The average Bonchev–Trinajstić information content (AvgIpc) is 2.50. The smallest absolute Gasteiger partial charge is 0.251 e. The van der Waals surface area contributed by atoms with Crippen LogP contribution in [0.4, 0.5) is 0 Å². The van der Waals surface area contributed by atoms with Crippen molar-refractivity contribution in [2.24, 2.45) is 5.84 Å². The van der Waals surface area contributed by atoms with Crippen molar-refractivity contribution in [2.75, 3.05) is 26.2 Å². The van der Waals surface area contributed by atoms with Gasteiger partial charge in [0.05, 0.1) is 6.04 Å². The molecule has 1 aromatic rings. The van der Waals surface area contributed by atoms with Crippen LogP contribution in [0.3, 0.4) is 0 Å². The molecule has 1 aliphatic rings. The Kier molecular flexibility index (Phi) is 5.52. The van der Waals surface area contributed by atoms with Gasteiger partial charge in [-0.3, -0.25) is 20.0 Å². The Morgan fingerprint density at radius 1 is 1.25 bits per heavy atom. The molecule has 0 bridgehead atoms. The summed E-state index contributed by atoms with van der Waals surface area (Å²) in [5, 5.41) is 0. The van der Waals surface area contributed by atoms with E-state index in [0.29, 0.717) is 0 Å². The van der Waals surface area contributed by atoms with Gasteiger partial charge in [0, 0.05) is 32.7 Å². The molecule has 5 heteroatoms. The van der Waals surface area contributed by atoms with Crippen LogP contribution in [-0.4, -0.2) is 47.9 Å². The number of nitrogens with zero attached hydrogens (tertiary/aromatic N) is 2. The molecule has 0 radical (unpaired) electrons. The Balaban J connectivity index is 1.84. The number of carbonyl (C=O) groups is 1. The Labute approximate surface area is 120 Å². The Hall–Kier alpha value is -1.43. The monoisotopic (exact) mass is 276 g/mol. The van der Waals surface area contributed by atoms with Gasteiger partial charge >= 0.3 is 0 Å². The third-order valence-corrected chi connectivity index (χ3v) is 3.93. The molecule has 0 aromatic heterocycles. The molecular weight excluding hydrogens is 252 g/mol. The molecule has 1 saturated heterocycles. The van der Waals surface area contributed by atoms with Gasteiger partial charge < -0.3 is 0 Å². The van der Waals surface area contributed by atoms with Crippen LogP contribution in [0.5, 0.6) is 0 Å². The van der Waals surface area contributed by atoms with Crippen molar-refractivity contribution in [2.45, 2.75) is 25.9 Å². The van der Waals surface area contributed by atoms with Crippen molar-refractivity contribution in [1.82, 2.24) is 15.2 Å². The van der Waals surface area contributed by atoms with E-state index in [2.05, 4.69) is 39.5 Å². The number of hydrazine groups is 1. The second-order valence-electron chi connectivity index (χ2n) is 5.23. The highest BCUT2D eigenvalue weighted by atomic mass is 16.2. The standard InChI is InChI=1S/C15H24N4O/c1-2-14(15(20)17-16)19-10-8-18(9-11-19)12-13-6-4-3-5-7-13/h3-7,14H,2,8-12,16H2,1H3,(H,17,20). The predicted molar refractivity (Wildman–Crippen MR) is 79.7 cm³/mol. The molecule has 0 saturated carbocycles. The molecule has 0 spiro atoms. The van der Waals surface area contributed by atoms with Crippen molar-refractivity contribution in [3.8, 4) is 0 Å². The molecule has 20 heavy (non-hydrogen) atoms. The maximum atomic E-state index is 11.7. The Morgan fingerprint density at radius 2 is 1.90 bits per heavy atom. The van der Waals surface area contributed by atoms with E-state index in [1.807, 2.05) is 13.0 Å². The molecule has 1 fully saturated rings. The summed E-state index contributed by atoms with van der Waals surface area (Å²) < 4.78 is 0. The molecule has 0 aliphatic carbocycles. The summed E-state index contributed by atoms with van der Waals surface area (Å²) in [6.07, 6.45) is 0.793. The fraction of sp³-hybridized carbons (Fsp3) is 0.533. The summed E-state index contributed by atoms with van der Waals surface area (Å²) in [5.41, 5.74) is 3.61. The zero-order chi connectivity index (χ0) is 14.4. The lowest BCUT2D eigenvalue weighted by Gasteiger charge is -2.38. The van der Waals surface area contributed by atoms with Gasteiger partial charge in [-0.2, -0.15) is 0 Å². The van der Waals surface area contributed by atoms with Crippen LogP contribution in [0.1, 0.15) is 18.9 Å². The number of hydrogen-bond donors (Lipinski definition) is 2. The van der Waals surface area contributed by atoms with Gasteiger partial charge in [0.1, 0.15) is 0 Å². The van der Waals surface area contributed by atoms with Gasteiger partial charge in [-0.25, -0.2) is 5.84 Å². The molecule has 2 rings (SSSR count). The molecule has 1 unspecified atom stereocenters. The minimum Gasteiger partial charge on any atom is -0.297 e. The number of amides is 1. The van der Waals surface area contributed by atoms with Gasteiger partial charge in [0.2, 0.25) is 0 Å². The first-order valence-electron chi connectivity index (χ1n) is 7.25. The van der Waals surface area contributed by atoms with Crippen LogP contribution in [-0.2, 0) is 11.3 Å². The van der Waals surface area contributed by atoms with Crippen LogP contribution in [0.25, 0.3) is 0 Å². The number of rotatable bonds is 5. The lowest BCUT2D eigenvalue weighted by atomic mass is 10.1. The summed E-state index contributed by atoms with van der Waals surface area (Å²) in [6, 6.07) is 10.4. The van der Waals surface area contributed by atoms with Crippen molar-refractivity contribution in [3.63, 3.8) is 0 Å². The van der Waals surface area contributed by atoms with Gasteiger partial charge in [0.15, 0.2) is 0 Å². The number of benzene rings is 1. The normalized spacial score (nSPS) is 18.7. The zero-order valence-corrected chi connectivity index (χ0v) is 12.1. The number of nitrogens with one attached hydrogen (secondary N) is 1. The maximum Gasteiger partial charge on any atom is 0.251 e. The molecule has 3 N–H and O–H groups in total. The molecule has 5 nitrogen and oxygen atoms in total. The first-order chi connectivity index (χ1) is 9.74. The highest BCUT2D eigenvalue weighted by Gasteiger charge is 2.27. The van der Waals surface area contributed by atoms with E-state index in [9.17, 15) is 4.79 Å². The van der Waals surface area contributed by atoms with Gasteiger partial charge in [-0.1, -0.05) is 37.3 Å². The number of hydrogen-bond acceptors (Lipinski definition) is 4. The zero-order valence-electron chi connectivity index (χ0n) is 12.1. The van der Waals surface area contributed by atoms with Crippen LogP contribution in [0, 0.1) is 0 Å². The van der Waals surface area contributed by atoms with Crippen LogP contribution >= 0.6 is 0 Å². The van der Waals surface area contributed by atoms with E-state index in [1.165, 1.54) is 5.56 Å². The van der Waals surface area contributed by atoms with Crippen LogP contribution < -0.4 is 11.3 Å². The predicted octanol–water partition coefficient (Wildman–Crippen LogP) is 0.573. The van der Waals surface area contributed by atoms with Gasteiger partial charge in [0.25, 0.3) is 5.91 Å². The van der Waals surface area contributed by atoms with E-state index in [0.717, 1.165) is 39.1 Å². The van der Waals surface area contributed by atoms with E-state index in [-0.39, 0.29) is 11.9 Å². The van der Waals surface area contributed by atoms with Crippen molar-refractivity contribution >= 4 is 5.91 Å². The van der Waals surface area contributed by atoms with Crippen molar-refractivity contribution in [3.05, 3.63) is 35.9 Å². The highest BCUT2D eigenvalue weighted by molar-refractivity contribution is 5.81. The summed E-state index contributed by atoms with van der Waals surface area (Å²) in [7, 11) is 0. The molecule has 1 amide bonds. The summed E-state index contributed by atoms with van der Waals surface area (Å²) in [5.74, 6) is 5.17. The molecule has 1 atom stereocenters. The second kappa shape index (κ2) is 7.38. The summed E-state index contributed by atoms with van der Waals surface area (Å²) >= 11 is 0. The number of piperazine rings is 1. The van der Waals surface area contributed by atoms with E-state index in [4.69, 9.17) is 5.84 Å².